The maximum Gasteiger partial charge on any atom is 0.246 e. The highest BCUT2D eigenvalue weighted by atomic mass is 16.5. The van der Waals surface area contributed by atoms with Gasteiger partial charge in [-0.15, -0.1) is 0 Å². The van der Waals surface area contributed by atoms with Gasteiger partial charge in [0.1, 0.15) is 17.4 Å². The van der Waals surface area contributed by atoms with Gasteiger partial charge in [-0.3, -0.25) is 19.4 Å². The molecule has 2 aromatic rings. The third-order valence-corrected chi connectivity index (χ3v) is 9.39. The van der Waals surface area contributed by atoms with Gasteiger partial charge in [-0.2, -0.15) is 0 Å². The molecule has 40 heavy (non-hydrogen) atoms. The number of pyridine rings is 1. The quantitative estimate of drug-likeness (QED) is 0.518. The zero-order valence-corrected chi connectivity index (χ0v) is 23.1. The highest BCUT2D eigenvalue weighted by molar-refractivity contribution is 6.02. The Morgan fingerprint density at radius 2 is 1.95 bits per heavy atom. The first-order valence-corrected chi connectivity index (χ1v) is 14.1. The van der Waals surface area contributed by atoms with E-state index in [4.69, 9.17) is 9.47 Å². The summed E-state index contributed by atoms with van der Waals surface area (Å²) >= 11 is 0. The molecular formula is C31H36N4O5. The number of benzene rings is 1. The smallest absolute Gasteiger partial charge is 0.246 e. The van der Waals surface area contributed by atoms with E-state index in [1.165, 1.54) is 0 Å². The van der Waals surface area contributed by atoms with Crippen LogP contribution in [-0.2, 0) is 25.7 Å². The number of carbonyl (C=O) groups is 3. The summed E-state index contributed by atoms with van der Waals surface area (Å²) in [4.78, 5) is 47.7. The average Bonchev–Trinajstić information content (AvgIpc) is 3.60. The van der Waals surface area contributed by atoms with Crippen LogP contribution in [0.15, 0.2) is 60.9 Å². The van der Waals surface area contributed by atoms with Crippen molar-refractivity contribution >= 4 is 23.4 Å². The number of methoxy groups -OCH3 is 1. The summed E-state index contributed by atoms with van der Waals surface area (Å²) in [5.41, 5.74) is 0.195. The van der Waals surface area contributed by atoms with Gasteiger partial charge in [0, 0.05) is 30.7 Å². The molecule has 1 saturated carbocycles. The van der Waals surface area contributed by atoms with Crippen molar-refractivity contribution in [2.75, 3.05) is 12.4 Å². The van der Waals surface area contributed by atoms with Crippen LogP contribution in [0.4, 0.5) is 5.69 Å². The Balaban J connectivity index is 1.31. The Hall–Kier alpha value is -3.72. The van der Waals surface area contributed by atoms with Crippen LogP contribution in [0.3, 0.4) is 0 Å². The Morgan fingerprint density at radius 3 is 2.67 bits per heavy atom. The van der Waals surface area contributed by atoms with Gasteiger partial charge in [-0.1, -0.05) is 44.9 Å². The minimum absolute atomic E-state index is 0.0267. The molecule has 6 rings (SSSR count). The molecule has 3 amide bonds. The van der Waals surface area contributed by atoms with Crippen LogP contribution >= 0.6 is 0 Å². The lowest BCUT2D eigenvalue weighted by Crippen LogP contribution is -2.57. The van der Waals surface area contributed by atoms with E-state index in [1.54, 1.807) is 48.7 Å². The largest absolute Gasteiger partial charge is 0.497 e. The van der Waals surface area contributed by atoms with E-state index >= 15 is 0 Å². The lowest BCUT2D eigenvalue weighted by Gasteiger charge is -2.38. The SMILES string of the molecule is COc1ccc(NC(=O)[C@@H]2[C@@H]3C=C[C@]4(O3)[C@@H]2C(=O)N(Cc2cccnc2)[C@H]4C(=O)N[C@@H]2CCC[C@@H](C)[C@@H]2C)cc1. The predicted molar refractivity (Wildman–Crippen MR) is 148 cm³/mol. The first-order valence-electron chi connectivity index (χ1n) is 14.1. The number of fused-ring (bicyclic) bond motifs is 1. The summed E-state index contributed by atoms with van der Waals surface area (Å²) in [5, 5.41) is 6.23. The fourth-order valence-electron chi connectivity index (χ4n) is 7.07. The van der Waals surface area contributed by atoms with E-state index in [-0.39, 0.29) is 30.3 Å². The van der Waals surface area contributed by atoms with Crippen molar-refractivity contribution in [1.29, 1.82) is 0 Å². The molecule has 3 fully saturated rings. The Labute approximate surface area is 234 Å². The Bertz CT molecular complexity index is 1310. The average molecular weight is 545 g/mol. The van der Waals surface area contributed by atoms with Crippen LogP contribution in [0.1, 0.15) is 38.7 Å². The van der Waals surface area contributed by atoms with Crippen molar-refractivity contribution in [3.63, 3.8) is 0 Å². The maximum absolute atomic E-state index is 14.2. The molecule has 210 valence electrons. The second-order valence-electron chi connectivity index (χ2n) is 11.6. The third kappa shape index (κ3) is 4.36. The minimum atomic E-state index is -1.21. The second-order valence-corrected chi connectivity index (χ2v) is 11.6. The number of rotatable bonds is 7. The topological polar surface area (TPSA) is 110 Å². The van der Waals surface area contributed by atoms with E-state index in [9.17, 15) is 14.4 Å². The van der Waals surface area contributed by atoms with E-state index < -0.39 is 29.6 Å². The van der Waals surface area contributed by atoms with Crippen LogP contribution < -0.4 is 15.4 Å². The highest BCUT2D eigenvalue weighted by Crippen LogP contribution is 2.55. The molecule has 9 heteroatoms. The molecule has 4 aliphatic rings. The number of hydrogen-bond acceptors (Lipinski definition) is 6. The fraction of sp³-hybridized carbons (Fsp3) is 0.484. The van der Waals surface area contributed by atoms with Crippen LogP contribution in [-0.4, -0.2) is 58.5 Å². The lowest BCUT2D eigenvalue weighted by atomic mass is 9.73. The number of likely N-dealkylation sites (tertiary alicyclic amines) is 1. The van der Waals surface area contributed by atoms with Gasteiger partial charge in [0.05, 0.1) is 25.0 Å². The molecule has 4 heterocycles. The summed E-state index contributed by atoms with van der Waals surface area (Å²) in [7, 11) is 1.58. The molecule has 8 atom stereocenters. The number of aromatic nitrogens is 1. The van der Waals surface area contributed by atoms with E-state index in [0.29, 0.717) is 23.3 Å². The molecule has 0 radical (unpaired) electrons. The maximum atomic E-state index is 14.2. The Morgan fingerprint density at radius 1 is 1.15 bits per heavy atom. The number of ether oxygens (including phenoxy) is 2. The van der Waals surface area contributed by atoms with Gasteiger partial charge in [0.15, 0.2) is 0 Å². The molecule has 1 aliphatic carbocycles. The zero-order valence-electron chi connectivity index (χ0n) is 23.1. The van der Waals surface area contributed by atoms with Crippen molar-refractivity contribution in [2.45, 2.75) is 63.4 Å². The third-order valence-electron chi connectivity index (χ3n) is 9.39. The van der Waals surface area contributed by atoms with Crippen LogP contribution in [0.2, 0.25) is 0 Å². The summed E-state index contributed by atoms with van der Waals surface area (Å²) in [5.74, 6) is -0.853. The van der Waals surface area contributed by atoms with Gasteiger partial charge in [-0.25, -0.2) is 0 Å². The zero-order chi connectivity index (χ0) is 28.0. The Kier molecular flexibility index (Phi) is 6.86. The van der Waals surface area contributed by atoms with Gasteiger partial charge < -0.3 is 25.0 Å². The molecule has 0 unspecified atom stereocenters. The number of amides is 3. The summed E-state index contributed by atoms with van der Waals surface area (Å²) in [6, 6.07) is 9.86. The molecule has 2 saturated heterocycles. The van der Waals surface area contributed by atoms with Crippen LogP contribution in [0.25, 0.3) is 0 Å². The molecule has 1 aromatic carbocycles. The normalized spacial score (nSPS) is 34.0. The van der Waals surface area contributed by atoms with E-state index in [0.717, 1.165) is 24.8 Å². The molecule has 2 N–H and O–H groups in total. The number of carbonyl (C=O) groups excluding carboxylic acids is 3. The van der Waals surface area contributed by atoms with Crippen LogP contribution in [0.5, 0.6) is 5.75 Å². The van der Waals surface area contributed by atoms with Gasteiger partial charge in [-0.05, 0) is 54.2 Å². The van der Waals surface area contributed by atoms with Gasteiger partial charge in [0.25, 0.3) is 0 Å². The highest BCUT2D eigenvalue weighted by Gasteiger charge is 2.72. The van der Waals surface area contributed by atoms with Gasteiger partial charge in [0.2, 0.25) is 17.7 Å². The van der Waals surface area contributed by atoms with Crippen molar-refractivity contribution in [3.8, 4) is 5.75 Å². The summed E-state index contributed by atoms with van der Waals surface area (Å²) in [6.45, 7) is 4.61. The second kappa shape index (κ2) is 10.4. The fourth-order valence-corrected chi connectivity index (χ4v) is 7.07. The summed E-state index contributed by atoms with van der Waals surface area (Å²) in [6.07, 6.45) is 9.57. The molecule has 1 spiro atoms. The number of anilines is 1. The standard InChI is InChI=1S/C31H36N4O5/c1-18-6-4-8-23(19(18)2)34-29(37)27-31-14-13-24(40-31)25(28(36)33-21-9-11-22(39-3)12-10-21)26(31)30(38)35(27)17-20-7-5-15-32-16-20/h5,7,9-16,18-19,23-27H,4,6,8,17H2,1-3H3,(H,33,36)(H,34,37)/t18-,19+,23-,24+,25-,26+,27+,31+/m1/s1. The first kappa shape index (κ1) is 26.5. The monoisotopic (exact) mass is 544 g/mol. The molecule has 9 nitrogen and oxygen atoms in total. The molecule has 3 aliphatic heterocycles. The lowest BCUT2D eigenvalue weighted by molar-refractivity contribution is -0.142. The number of nitrogens with zero attached hydrogens (tertiary/aromatic N) is 2. The molecule has 1 aromatic heterocycles. The van der Waals surface area contributed by atoms with E-state index in [2.05, 4.69) is 29.5 Å². The van der Waals surface area contributed by atoms with Crippen LogP contribution in [0, 0.1) is 23.7 Å². The van der Waals surface area contributed by atoms with Crippen molar-refractivity contribution < 1.29 is 23.9 Å². The van der Waals surface area contributed by atoms with E-state index in [1.807, 2.05) is 24.3 Å². The summed E-state index contributed by atoms with van der Waals surface area (Å²) < 4.78 is 11.7. The molecular weight excluding hydrogens is 508 g/mol. The molecule has 2 bridgehead atoms. The van der Waals surface area contributed by atoms with Crippen molar-refractivity contribution in [2.24, 2.45) is 23.7 Å². The van der Waals surface area contributed by atoms with Gasteiger partial charge >= 0.3 is 0 Å². The number of hydrogen-bond donors (Lipinski definition) is 2. The van der Waals surface area contributed by atoms with Crippen molar-refractivity contribution in [1.82, 2.24) is 15.2 Å². The number of nitrogens with one attached hydrogen (secondary N) is 2. The minimum Gasteiger partial charge on any atom is -0.497 e. The van der Waals surface area contributed by atoms with Crippen molar-refractivity contribution in [3.05, 3.63) is 66.5 Å². The predicted octanol–water partition coefficient (Wildman–Crippen LogP) is 3.32. The first-order chi connectivity index (χ1) is 19.3.